The van der Waals surface area contributed by atoms with E-state index in [9.17, 15) is 0 Å². The number of furan rings is 1. The van der Waals surface area contributed by atoms with Gasteiger partial charge >= 0.3 is 0 Å². The van der Waals surface area contributed by atoms with E-state index >= 15 is 0 Å². The van der Waals surface area contributed by atoms with E-state index in [1.54, 1.807) is 17.0 Å². The first kappa shape index (κ1) is 14.6. The number of aromatic amines is 1. The number of aryl methyl sites for hydroxylation is 1. The molecule has 128 valence electrons. The first-order valence-corrected chi connectivity index (χ1v) is 8.16. The summed E-state index contributed by atoms with van der Waals surface area (Å²) in [5.41, 5.74) is 10.9. The normalized spacial score (nSPS) is 11.6. The number of nitrogens with one attached hydrogen (secondary N) is 1. The number of hydrogen-bond acceptors (Lipinski definition) is 6. The van der Waals surface area contributed by atoms with Gasteiger partial charge in [0, 0.05) is 6.20 Å². The molecule has 0 unspecified atom stereocenters. The molecule has 5 rings (SSSR count). The van der Waals surface area contributed by atoms with Gasteiger partial charge in [0.1, 0.15) is 5.69 Å². The third-order valence-corrected chi connectivity index (χ3v) is 4.34. The fourth-order valence-corrected chi connectivity index (χ4v) is 3.26. The highest BCUT2D eigenvalue weighted by Crippen LogP contribution is 2.26. The van der Waals surface area contributed by atoms with Crippen molar-refractivity contribution in [2.45, 2.75) is 13.5 Å². The fraction of sp³-hybridized carbons (Fsp3) is 0.111. The third-order valence-electron chi connectivity index (χ3n) is 4.34. The van der Waals surface area contributed by atoms with Crippen molar-refractivity contribution in [3.8, 4) is 11.5 Å². The number of hydrogen-bond donors (Lipinski definition) is 2. The lowest BCUT2D eigenvalue weighted by molar-refractivity contribution is 0.580. The van der Waals surface area contributed by atoms with Crippen molar-refractivity contribution < 1.29 is 4.42 Å². The standard InChI is InChI=1S/C18H15N7O/c1-10-7-11-4-5-20-14(11)12(8-10)9-25-17-16(23-24-25)15(21-18(19)22-17)13-3-2-6-26-13/h2-8,20H,9H2,1H3,(H2,19,21,22). The molecule has 0 aliphatic rings. The van der Waals surface area contributed by atoms with Gasteiger partial charge in [-0.2, -0.15) is 4.98 Å². The van der Waals surface area contributed by atoms with E-state index in [2.05, 4.69) is 50.4 Å². The van der Waals surface area contributed by atoms with Crippen LogP contribution in [0.15, 0.2) is 47.2 Å². The van der Waals surface area contributed by atoms with Crippen LogP contribution in [0.2, 0.25) is 0 Å². The molecule has 4 aromatic heterocycles. The maximum absolute atomic E-state index is 5.91. The summed E-state index contributed by atoms with van der Waals surface area (Å²) in [6.45, 7) is 2.59. The molecule has 8 heteroatoms. The molecule has 3 N–H and O–H groups in total. The van der Waals surface area contributed by atoms with Crippen LogP contribution < -0.4 is 5.73 Å². The fourth-order valence-electron chi connectivity index (χ4n) is 3.26. The van der Waals surface area contributed by atoms with Gasteiger partial charge in [-0.05, 0) is 42.1 Å². The van der Waals surface area contributed by atoms with Crippen LogP contribution in [0.1, 0.15) is 11.1 Å². The second-order valence-electron chi connectivity index (χ2n) is 6.19. The summed E-state index contributed by atoms with van der Waals surface area (Å²) in [4.78, 5) is 11.9. The van der Waals surface area contributed by atoms with Crippen LogP contribution in [-0.2, 0) is 6.54 Å². The van der Waals surface area contributed by atoms with Gasteiger partial charge in [-0.3, -0.25) is 0 Å². The van der Waals surface area contributed by atoms with Crippen molar-refractivity contribution in [1.82, 2.24) is 29.9 Å². The quantitative estimate of drug-likeness (QED) is 0.520. The van der Waals surface area contributed by atoms with Gasteiger partial charge in [-0.25, -0.2) is 9.67 Å². The summed E-state index contributed by atoms with van der Waals surface area (Å²) >= 11 is 0. The molecule has 0 spiro atoms. The minimum atomic E-state index is 0.154. The van der Waals surface area contributed by atoms with Crippen molar-refractivity contribution in [3.63, 3.8) is 0 Å². The number of nitrogens with zero attached hydrogens (tertiary/aromatic N) is 5. The van der Waals surface area contributed by atoms with Gasteiger partial charge in [0.05, 0.1) is 18.3 Å². The summed E-state index contributed by atoms with van der Waals surface area (Å²) in [7, 11) is 0. The second kappa shape index (κ2) is 5.41. The minimum absolute atomic E-state index is 0.154. The summed E-state index contributed by atoms with van der Waals surface area (Å²) in [6.07, 6.45) is 3.51. The monoisotopic (exact) mass is 345 g/mol. The predicted molar refractivity (Wildman–Crippen MR) is 97.4 cm³/mol. The summed E-state index contributed by atoms with van der Waals surface area (Å²) < 4.78 is 7.18. The lowest BCUT2D eigenvalue weighted by atomic mass is 10.1. The van der Waals surface area contributed by atoms with Gasteiger partial charge in [-0.1, -0.05) is 16.8 Å². The molecular weight excluding hydrogens is 330 g/mol. The van der Waals surface area contributed by atoms with E-state index in [0.29, 0.717) is 29.2 Å². The topological polar surface area (TPSA) is 111 Å². The Bertz CT molecular complexity index is 1230. The van der Waals surface area contributed by atoms with Gasteiger partial charge in [0.25, 0.3) is 0 Å². The predicted octanol–water partition coefficient (Wildman–Crippen LogP) is 2.90. The Kier molecular flexibility index (Phi) is 3.05. The van der Waals surface area contributed by atoms with Crippen molar-refractivity contribution >= 4 is 28.0 Å². The van der Waals surface area contributed by atoms with Crippen molar-refractivity contribution in [2.75, 3.05) is 5.73 Å². The van der Waals surface area contributed by atoms with Crippen LogP contribution in [0.4, 0.5) is 5.95 Å². The second-order valence-corrected chi connectivity index (χ2v) is 6.19. The molecule has 0 aliphatic carbocycles. The zero-order valence-electron chi connectivity index (χ0n) is 14.0. The molecule has 0 amide bonds. The first-order valence-electron chi connectivity index (χ1n) is 8.16. The van der Waals surface area contributed by atoms with Crippen LogP contribution in [0, 0.1) is 6.92 Å². The molecule has 0 aliphatic heterocycles. The molecule has 5 aromatic rings. The number of anilines is 1. The average Bonchev–Trinajstić information content (AvgIpc) is 3.34. The smallest absolute Gasteiger partial charge is 0.222 e. The molecule has 8 nitrogen and oxygen atoms in total. The van der Waals surface area contributed by atoms with Gasteiger partial charge < -0.3 is 15.1 Å². The molecular formula is C18H15N7O. The van der Waals surface area contributed by atoms with E-state index in [4.69, 9.17) is 10.2 Å². The Morgan fingerprint density at radius 2 is 2.15 bits per heavy atom. The number of H-pyrrole nitrogens is 1. The molecule has 0 atom stereocenters. The Labute approximate surface area is 147 Å². The molecule has 0 saturated carbocycles. The molecule has 0 radical (unpaired) electrons. The number of aromatic nitrogens is 6. The van der Waals surface area contributed by atoms with Crippen molar-refractivity contribution in [1.29, 1.82) is 0 Å². The van der Waals surface area contributed by atoms with Gasteiger partial charge in [-0.15, -0.1) is 5.10 Å². The third kappa shape index (κ3) is 2.23. The maximum atomic E-state index is 5.91. The van der Waals surface area contributed by atoms with E-state index in [1.807, 2.05) is 12.3 Å². The van der Waals surface area contributed by atoms with Crippen molar-refractivity contribution in [3.05, 3.63) is 53.9 Å². The highest BCUT2D eigenvalue weighted by molar-refractivity contribution is 5.86. The molecule has 0 fully saturated rings. The summed E-state index contributed by atoms with van der Waals surface area (Å²) in [6, 6.07) is 9.93. The number of nitrogens with two attached hydrogens (primary N) is 1. The summed E-state index contributed by atoms with van der Waals surface area (Å²) in [5.74, 6) is 0.736. The lowest BCUT2D eigenvalue weighted by Crippen LogP contribution is -2.06. The van der Waals surface area contributed by atoms with E-state index in [1.165, 1.54) is 5.56 Å². The SMILES string of the molecule is Cc1cc(Cn2nnc3c(-c4ccco4)nc(N)nc32)c2[nH]ccc2c1. The average molecular weight is 345 g/mol. The van der Waals surface area contributed by atoms with E-state index in [-0.39, 0.29) is 5.95 Å². The number of nitrogen functional groups attached to an aromatic ring is 1. The molecule has 0 saturated heterocycles. The highest BCUT2D eigenvalue weighted by Gasteiger charge is 2.17. The first-order chi connectivity index (χ1) is 12.7. The van der Waals surface area contributed by atoms with E-state index < -0.39 is 0 Å². The van der Waals surface area contributed by atoms with Crippen molar-refractivity contribution in [2.24, 2.45) is 0 Å². The number of rotatable bonds is 3. The van der Waals surface area contributed by atoms with Crippen LogP contribution in [0.25, 0.3) is 33.5 Å². The molecule has 26 heavy (non-hydrogen) atoms. The number of fused-ring (bicyclic) bond motifs is 2. The Morgan fingerprint density at radius 1 is 1.23 bits per heavy atom. The van der Waals surface area contributed by atoms with Crippen LogP contribution in [0.5, 0.6) is 0 Å². The van der Waals surface area contributed by atoms with Gasteiger partial charge in [0.15, 0.2) is 16.9 Å². The summed E-state index contributed by atoms with van der Waals surface area (Å²) in [5, 5.41) is 9.70. The zero-order valence-corrected chi connectivity index (χ0v) is 14.0. The van der Waals surface area contributed by atoms with Gasteiger partial charge in [0.2, 0.25) is 5.95 Å². The molecule has 1 aromatic carbocycles. The Hall–Kier alpha value is -3.68. The number of benzene rings is 1. The Balaban J connectivity index is 1.67. The largest absolute Gasteiger partial charge is 0.463 e. The molecule has 0 bridgehead atoms. The van der Waals surface area contributed by atoms with Crippen LogP contribution in [0.3, 0.4) is 0 Å². The minimum Gasteiger partial charge on any atom is -0.463 e. The molecule has 4 heterocycles. The maximum Gasteiger partial charge on any atom is 0.222 e. The van der Waals surface area contributed by atoms with E-state index in [0.717, 1.165) is 16.5 Å². The van der Waals surface area contributed by atoms with Crippen LogP contribution >= 0.6 is 0 Å². The zero-order chi connectivity index (χ0) is 17.7. The lowest BCUT2D eigenvalue weighted by Gasteiger charge is -2.06. The van der Waals surface area contributed by atoms with Crippen LogP contribution in [-0.4, -0.2) is 29.9 Å². The Morgan fingerprint density at radius 3 is 3.00 bits per heavy atom. The highest BCUT2D eigenvalue weighted by atomic mass is 16.3.